The third kappa shape index (κ3) is 3.40. The van der Waals surface area contributed by atoms with Gasteiger partial charge >= 0.3 is 0 Å². The quantitative estimate of drug-likeness (QED) is 0.771. The van der Waals surface area contributed by atoms with Gasteiger partial charge in [0.15, 0.2) is 5.76 Å². The number of nitrogens with one attached hydrogen (secondary N) is 1. The number of hydrogen-bond donors (Lipinski definition) is 2. The van der Waals surface area contributed by atoms with E-state index in [0.29, 0.717) is 18.2 Å². The molecule has 1 amide bonds. The van der Waals surface area contributed by atoms with Crippen LogP contribution in [0.2, 0.25) is 0 Å². The van der Waals surface area contributed by atoms with Gasteiger partial charge in [0.2, 0.25) is 0 Å². The lowest BCUT2D eigenvalue weighted by Crippen LogP contribution is -2.39. The number of carbonyl (C=O) groups is 1. The summed E-state index contributed by atoms with van der Waals surface area (Å²) in [5.74, 6) is 0.539. The molecule has 0 bridgehead atoms. The van der Waals surface area contributed by atoms with E-state index in [1.165, 1.54) is 6.26 Å². The van der Waals surface area contributed by atoms with Gasteiger partial charge in [-0.15, -0.1) is 0 Å². The van der Waals surface area contributed by atoms with E-state index in [0.717, 1.165) is 6.42 Å². The normalized spacial score (nSPS) is 12.8. The van der Waals surface area contributed by atoms with Crippen LogP contribution < -0.4 is 11.1 Å². The lowest BCUT2D eigenvalue weighted by atomic mass is 10.0. The first kappa shape index (κ1) is 11.8. The Morgan fingerprint density at radius 1 is 1.60 bits per heavy atom. The molecule has 0 aliphatic heterocycles. The summed E-state index contributed by atoms with van der Waals surface area (Å²) in [5.41, 5.74) is 5.49. The summed E-state index contributed by atoms with van der Waals surface area (Å²) in [7, 11) is 0. The van der Waals surface area contributed by atoms with Gasteiger partial charge < -0.3 is 15.5 Å². The summed E-state index contributed by atoms with van der Waals surface area (Å²) in [4.78, 5) is 11.6. The van der Waals surface area contributed by atoms with Gasteiger partial charge in [0.1, 0.15) is 0 Å². The van der Waals surface area contributed by atoms with Gasteiger partial charge in [0.25, 0.3) is 5.91 Å². The Hall–Kier alpha value is -1.29. The molecule has 1 heterocycles. The topological polar surface area (TPSA) is 68.3 Å². The monoisotopic (exact) mass is 210 g/mol. The molecule has 0 aliphatic carbocycles. The van der Waals surface area contributed by atoms with Crippen molar-refractivity contribution >= 4 is 5.91 Å². The molecule has 1 aromatic rings. The van der Waals surface area contributed by atoms with Crippen molar-refractivity contribution in [2.75, 3.05) is 6.54 Å². The molecule has 1 rings (SSSR count). The molecule has 0 saturated heterocycles. The third-order valence-electron chi connectivity index (χ3n) is 2.34. The minimum absolute atomic E-state index is 0.104. The zero-order valence-electron chi connectivity index (χ0n) is 9.19. The Labute approximate surface area is 89.8 Å². The van der Waals surface area contributed by atoms with Crippen LogP contribution >= 0.6 is 0 Å². The van der Waals surface area contributed by atoms with Crippen molar-refractivity contribution in [2.24, 2.45) is 11.7 Å². The molecule has 0 radical (unpaired) electrons. The highest BCUT2D eigenvalue weighted by molar-refractivity contribution is 5.91. The van der Waals surface area contributed by atoms with Crippen LogP contribution in [-0.4, -0.2) is 18.5 Å². The molecule has 1 atom stereocenters. The molecule has 4 nitrogen and oxygen atoms in total. The fourth-order valence-corrected chi connectivity index (χ4v) is 1.40. The van der Waals surface area contributed by atoms with Gasteiger partial charge in [-0.3, -0.25) is 4.79 Å². The smallest absolute Gasteiger partial charge is 0.287 e. The summed E-state index contributed by atoms with van der Waals surface area (Å²) in [5, 5.41) is 2.91. The predicted molar refractivity (Wildman–Crippen MR) is 58.5 cm³/mol. The second-order valence-corrected chi connectivity index (χ2v) is 3.88. The highest BCUT2D eigenvalue weighted by Crippen LogP contribution is 2.07. The average Bonchev–Trinajstić information content (AvgIpc) is 2.69. The van der Waals surface area contributed by atoms with Crippen LogP contribution in [0.3, 0.4) is 0 Å². The summed E-state index contributed by atoms with van der Waals surface area (Å²) < 4.78 is 5.01. The van der Waals surface area contributed by atoms with Gasteiger partial charge in [0.05, 0.1) is 6.26 Å². The first-order chi connectivity index (χ1) is 7.15. The molecule has 4 heteroatoms. The summed E-state index contributed by atoms with van der Waals surface area (Å²) in [6.07, 6.45) is 2.27. The zero-order chi connectivity index (χ0) is 11.3. The van der Waals surface area contributed by atoms with E-state index < -0.39 is 0 Å². The van der Waals surface area contributed by atoms with Gasteiger partial charge in [-0.05, 0) is 31.0 Å². The van der Waals surface area contributed by atoms with Crippen molar-refractivity contribution in [3.8, 4) is 0 Å². The molecular formula is C11H18N2O2. The van der Waals surface area contributed by atoms with E-state index in [1.807, 2.05) is 0 Å². The average molecular weight is 210 g/mol. The maximum atomic E-state index is 11.6. The molecule has 15 heavy (non-hydrogen) atoms. The van der Waals surface area contributed by atoms with Crippen molar-refractivity contribution in [3.63, 3.8) is 0 Å². The summed E-state index contributed by atoms with van der Waals surface area (Å²) >= 11 is 0. The van der Waals surface area contributed by atoms with Crippen LogP contribution in [0.15, 0.2) is 22.8 Å². The van der Waals surface area contributed by atoms with E-state index in [9.17, 15) is 4.79 Å². The Balaban J connectivity index is 2.55. The second-order valence-electron chi connectivity index (χ2n) is 3.88. The molecule has 0 aromatic carbocycles. The molecule has 84 valence electrons. The van der Waals surface area contributed by atoms with Crippen LogP contribution in [0.4, 0.5) is 0 Å². The highest BCUT2D eigenvalue weighted by atomic mass is 16.3. The fourth-order valence-electron chi connectivity index (χ4n) is 1.40. The predicted octanol–water partition coefficient (Wildman–Crippen LogP) is 1.38. The number of furan rings is 1. The van der Waals surface area contributed by atoms with Crippen LogP contribution in [0.5, 0.6) is 0 Å². The van der Waals surface area contributed by atoms with Crippen molar-refractivity contribution in [1.82, 2.24) is 5.32 Å². The molecular weight excluding hydrogens is 192 g/mol. The van der Waals surface area contributed by atoms with Crippen LogP contribution in [0.25, 0.3) is 0 Å². The van der Waals surface area contributed by atoms with Crippen molar-refractivity contribution in [2.45, 2.75) is 26.3 Å². The first-order valence-electron chi connectivity index (χ1n) is 5.19. The summed E-state index contributed by atoms with van der Waals surface area (Å²) in [6.45, 7) is 4.69. The maximum absolute atomic E-state index is 11.6. The van der Waals surface area contributed by atoms with Crippen molar-refractivity contribution in [3.05, 3.63) is 24.2 Å². The number of hydrogen-bond acceptors (Lipinski definition) is 3. The van der Waals surface area contributed by atoms with Crippen LogP contribution in [-0.2, 0) is 0 Å². The summed E-state index contributed by atoms with van der Waals surface area (Å²) in [6, 6.07) is 3.45. The van der Waals surface area contributed by atoms with E-state index >= 15 is 0 Å². The Kier molecular flexibility index (Phi) is 4.37. The van der Waals surface area contributed by atoms with E-state index in [-0.39, 0.29) is 11.9 Å². The fraction of sp³-hybridized carbons (Fsp3) is 0.545. The zero-order valence-corrected chi connectivity index (χ0v) is 9.19. The Morgan fingerprint density at radius 2 is 2.33 bits per heavy atom. The number of carbonyl (C=O) groups excluding carboxylic acids is 1. The number of amides is 1. The standard InChI is InChI=1S/C11H18N2O2/c1-8(2)9(5-6-12)13-11(14)10-4-3-7-15-10/h3-4,7-9H,5-6,12H2,1-2H3,(H,13,14). The first-order valence-corrected chi connectivity index (χ1v) is 5.19. The van der Waals surface area contributed by atoms with E-state index in [1.54, 1.807) is 12.1 Å². The number of rotatable bonds is 5. The van der Waals surface area contributed by atoms with Gasteiger partial charge in [-0.25, -0.2) is 0 Å². The molecule has 0 fully saturated rings. The lowest BCUT2D eigenvalue weighted by molar-refractivity contribution is 0.0896. The van der Waals surface area contributed by atoms with Crippen LogP contribution in [0, 0.1) is 5.92 Å². The third-order valence-corrected chi connectivity index (χ3v) is 2.34. The Bertz CT molecular complexity index is 294. The van der Waals surface area contributed by atoms with E-state index in [4.69, 9.17) is 10.2 Å². The van der Waals surface area contributed by atoms with E-state index in [2.05, 4.69) is 19.2 Å². The SMILES string of the molecule is CC(C)C(CCN)NC(=O)c1ccco1. The van der Waals surface area contributed by atoms with Gasteiger partial charge in [-0.2, -0.15) is 0 Å². The molecule has 1 aromatic heterocycles. The largest absolute Gasteiger partial charge is 0.459 e. The molecule has 1 unspecified atom stereocenters. The molecule has 3 N–H and O–H groups in total. The minimum atomic E-state index is -0.174. The molecule has 0 aliphatic rings. The highest BCUT2D eigenvalue weighted by Gasteiger charge is 2.17. The maximum Gasteiger partial charge on any atom is 0.287 e. The molecule has 0 saturated carbocycles. The van der Waals surface area contributed by atoms with Gasteiger partial charge in [0, 0.05) is 6.04 Å². The minimum Gasteiger partial charge on any atom is -0.459 e. The lowest BCUT2D eigenvalue weighted by Gasteiger charge is -2.20. The van der Waals surface area contributed by atoms with Gasteiger partial charge in [-0.1, -0.05) is 13.8 Å². The second kappa shape index (κ2) is 5.56. The number of nitrogens with two attached hydrogens (primary N) is 1. The van der Waals surface area contributed by atoms with Crippen molar-refractivity contribution in [1.29, 1.82) is 0 Å². The van der Waals surface area contributed by atoms with Crippen molar-refractivity contribution < 1.29 is 9.21 Å². The molecule has 0 spiro atoms. The van der Waals surface area contributed by atoms with Crippen LogP contribution in [0.1, 0.15) is 30.8 Å². The Morgan fingerprint density at radius 3 is 2.80 bits per heavy atom.